The van der Waals surface area contributed by atoms with E-state index in [9.17, 15) is 9.59 Å². The van der Waals surface area contributed by atoms with Crippen LogP contribution in [0.25, 0.3) is 0 Å². The van der Waals surface area contributed by atoms with E-state index in [0.717, 1.165) is 29.7 Å². The molecule has 0 amide bonds. The first-order chi connectivity index (χ1) is 9.35. The number of rotatable bonds is 7. The topological polar surface area (TPSA) is 63.6 Å². The van der Waals surface area contributed by atoms with E-state index in [1.54, 1.807) is 7.11 Å². The maximum absolute atomic E-state index is 11.7. The summed E-state index contributed by atoms with van der Waals surface area (Å²) >= 11 is 0. The van der Waals surface area contributed by atoms with Gasteiger partial charge in [-0.05, 0) is 18.9 Å². The molecule has 0 bridgehead atoms. The Morgan fingerprint density at radius 1 is 1.35 bits per heavy atom. The highest BCUT2D eigenvalue weighted by molar-refractivity contribution is 6.32. The van der Waals surface area contributed by atoms with E-state index in [1.807, 2.05) is 39.0 Å². The van der Waals surface area contributed by atoms with Gasteiger partial charge in [-0.1, -0.05) is 38.5 Å². The van der Waals surface area contributed by atoms with Crippen LogP contribution in [-0.4, -0.2) is 24.0 Å². The summed E-state index contributed by atoms with van der Waals surface area (Å²) in [5.74, 6) is -1.40. The van der Waals surface area contributed by atoms with Crippen LogP contribution in [0.2, 0.25) is 0 Å². The van der Waals surface area contributed by atoms with Crippen LogP contribution < -0.4 is 4.74 Å². The smallest absolute Gasteiger partial charge is 0.372 e. The molecule has 1 atom stereocenters. The molecule has 0 saturated heterocycles. The molecule has 20 heavy (non-hydrogen) atoms. The Bertz CT molecular complexity index is 507. The first kappa shape index (κ1) is 16.2. The van der Waals surface area contributed by atoms with Gasteiger partial charge in [-0.2, -0.15) is 0 Å². The number of para-hydroxylation sites is 1. The van der Waals surface area contributed by atoms with Crippen molar-refractivity contribution in [1.29, 1.82) is 0 Å². The number of ketones is 1. The third-order valence-electron chi connectivity index (χ3n) is 3.66. The number of Topliss-reactive ketones (excluding diaryl/α,β-unsaturated/α-hetero) is 1. The van der Waals surface area contributed by atoms with Crippen molar-refractivity contribution in [3.8, 4) is 5.75 Å². The highest BCUT2D eigenvalue weighted by Gasteiger charge is 2.33. The van der Waals surface area contributed by atoms with E-state index in [1.165, 1.54) is 0 Å². The molecule has 1 aromatic rings. The van der Waals surface area contributed by atoms with E-state index in [-0.39, 0.29) is 6.42 Å². The third kappa shape index (κ3) is 3.38. The molecule has 0 aliphatic heterocycles. The number of aryl methyl sites for hydroxylation is 1. The number of ether oxygens (including phenoxy) is 1. The van der Waals surface area contributed by atoms with Crippen molar-refractivity contribution in [2.24, 2.45) is 0 Å². The molecule has 1 unspecified atom stereocenters. The second-order valence-electron chi connectivity index (χ2n) is 5.37. The molecular weight excluding hydrogens is 256 g/mol. The van der Waals surface area contributed by atoms with Gasteiger partial charge < -0.3 is 9.84 Å². The summed E-state index contributed by atoms with van der Waals surface area (Å²) < 4.78 is 5.45. The van der Waals surface area contributed by atoms with Gasteiger partial charge in [0.25, 0.3) is 0 Å². The van der Waals surface area contributed by atoms with Gasteiger partial charge in [0.1, 0.15) is 5.75 Å². The van der Waals surface area contributed by atoms with Crippen molar-refractivity contribution in [2.45, 2.75) is 45.4 Å². The van der Waals surface area contributed by atoms with Gasteiger partial charge in [0.15, 0.2) is 0 Å². The second kappa shape index (κ2) is 6.55. The van der Waals surface area contributed by atoms with Gasteiger partial charge in [0.2, 0.25) is 5.78 Å². The lowest BCUT2D eigenvalue weighted by molar-refractivity contribution is -0.149. The zero-order chi connectivity index (χ0) is 15.3. The van der Waals surface area contributed by atoms with Crippen LogP contribution in [0.4, 0.5) is 0 Å². The number of carbonyl (C=O) groups is 2. The molecule has 0 aromatic heterocycles. The molecule has 1 N–H and O–H groups in total. The highest BCUT2D eigenvalue weighted by Crippen LogP contribution is 2.39. The fourth-order valence-electron chi connectivity index (χ4n) is 2.70. The summed E-state index contributed by atoms with van der Waals surface area (Å²) in [6.45, 7) is 5.88. The average Bonchev–Trinajstić information content (AvgIpc) is 2.38. The minimum Gasteiger partial charge on any atom is -0.496 e. The summed E-state index contributed by atoms with van der Waals surface area (Å²) in [5.41, 5.74) is 1.35. The molecule has 1 rings (SSSR count). The van der Waals surface area contributed by atoms with E-state index >= 15 is 0 Å². The largest absolute Gasteiger partial charge is 0.496 e. The normalized spacial score (nSPS) is 13.6. The standard InChI is InChI=1S/C16H22O4/c1-5-9-16(3,10-13(17)15(18)19)12-8-6-7-11(2)14(12)20-4/h6-8H,5,9-10H2,1-4H3,(H,18,19). The number of hydrogen-bond acceptors (Lipinski definition) is 3. The maximum atomic E-state index is 11.7. The van der Waals surface area contributed by atoms with Gasteiger partial charge in [-0.3, -0.25) is 4.79 Å². The first-order valence-electron chi connectivity index (χ1n) is 6.76. The Morgan fingerprint density at radius 2 is 2.00 bits per heavy atom. The Hall–Kier alpha value is -1.84. The second-order valence-corrected chi connectivity index (χ2v) is 5.37. The summed E-state index contributed by atoms with van der Waals surface area (Å²) in [7, 11) is 1.59. The Labute approximate surface area is 119 Å². The van der Waals surface area contributed by atoms with Crippen molar-refractivity contribution in [3.05, 3.63) is 29.3 Å². The summed E-state index contributed by atoms with van der Waals surface area (Å²) in [5, 5.41) is 8.86. The van der Waals surface area contributed by atoms with E-state index in [4.69, 9.17) is 9.84 Å². The first-order valence-corrected chi connectivity index (χ1v) is 6.76. The fraction of sp³-hybridized carbons (Fsp3) is 0.500. The van der Waals surface area contributed by atoms with Crippen LogP contribution in [0.5, 0.6) is 5.75 Å². The minimum absolute atomic E-state index is 0.0179. The lowest BCUT2D eigenvalue weighted by Crippen LogP contribution is -2.29. The van der Waals surface area contributed by atoms with Gasteiger partial charge in [-0.25, -0.2) is 4.79 Å². The molecule has 4 heteroatoms. The van der Waals surface area contributed by atoms with Gasteiger partial charge in [0.05, 0.1) is 7.11 Å². The lowest BCUT2D eigenvalue weighted by Gasteiger charge is -2.31. The van der Waals surface area contributed by atoms with Crippen LogP contribution in [0, 0.1) is 6.92 Å². The quantitative estimate of drug-likeness (QED) is 0.778. The molecule has 0 aliphatic carbocycles. The molecular formula is C16H22O4. The van der Waals surface area contributed by atoms with Gasteiger partial charge in [-0.15, -0.1) is 0 Å². The molecule has 0 heterocycles. The van der Waals surface area contributed by atoms with Crippen molar-refractivity contribution in [1.82, 2.24) is 0 Å². The average molecular weight is 278 g/mol. The van der Waals surface area contributed by atoms with Crippen LogP contribution >= 0.6 is 0 Å². The van der Waals surface area contributed by atoms with E-state index < -0.39 is 17.2 Å². The Kier molecular flexibility index (Phi) is 5.31. The number of aliphatic carboxylic acids is 1. The number of hydrogen-bond donors (Lipinski definition) is 1. The van der Waals surface area contributed by atoms with Crippen LogP contribution in [-0.2, 0) is 15.0 Å². The van der Waals surface area contributed by atoms with Gasteiger partial charge in [0, 0.05) is 17.4 Å². The van der Waals surface area contributed by atoms with E-state index in [0.29, 0.717) is 0 Å². The number of benzene rings is 1. The van der Waals surface area contributed by atoms with Crippen molar-refractivity contribution >= 4 is 11.8 Å². The molecule has 0 fully saturated rings. The number of carboxylic acid groups (broad SMARTS) is 1. The molecule has 0 aliphatic rings. The minimum atomic E-state index is -1.38. The number of carboxylic acids is 1. The molecule has 0 saturated carbocycles. The van der Waals surface area contributed by atoms with Crippen LogP contribution in [0.3, 0.4) is 0 Å². The molecule has 0 spiro atoms. The third-order valence-corrected chi connectivity index (χ3v) is 3.66. The zero-order valence-electron chi connectivity index (χ0n) is 12.5. The maximum Gasteiger partial charge on any atom is 0.372 e. The Morgan fingerprint density at radius 3 is 2.50 bits per heavy atom. The number of carbonyl (C=O) groups excluding carboxylic acids is 1. The zero-order valence-corrected chi connectivity index (χ0v) is 12.5. The molecule has 1 aromatic carbocycles. The lowest BCUT2D eigenvalue weighted by atomic mass is 9.74. The SMILES string of the molecule is CCCC(C)(CC(=O)C(=O)O)c1cccc(C)c1OC. The molecule has 110 valence electrons. The highest BCUT2D eigenvalue weighted by atomic mass is 16.5. The summed E-state index contributed by atoms with van der Waals surface area (Å²) in [4.78, 5) is 22.5. The van der Waals surface area contributed by atoms with Crippen LogP contribution in [0.1, 0.15) is 44.2 Å². The van der Waals surface area contributed by atoms with E-state index in [2.05, 4.69) is 0 Å². The summed E-state index contributed by atoms with van der Waals surface area (Å²) in [6, 6.07) is 5.76. The molecule has 4 nitrogen and oxygen atoms in total. The number of methoxy groups -OCH3 is 1. The van der Waals surface area contributed by atoms with Crippen molar-refractivity contribution in [3.63, 3.8) is 0 Å². The monoisotopic (exact) mass is 278 g/mol. The van der Waals surface area contributed by atoms with Crippen LogP contribution in [0.15, 0.2) is 18.2 Å². The molecule has 0 radical (unpaired) electrons. The predicted molar refractivity (Wildman–Crippen MR) is 77.3 cm³/mol. The predicted octanol–water partition coefficient (Wildman–Crippen LogP) is 3.11. The summed E-state index contributed by atoms with van der Waals surface area (Å²) in [6.07, 6.45) is 1.57. The van der Waals surface area contributed by atoms with Gasteiger partial charge >= 0.3 is 5.97 Å². The fourth-order valence-corrected chi connectivity index (χ4v) is 2.70. The van der Waals surface area contributed by atoms with Crippen molar-refractivity contribution < 1.29 is 19.4 Å². The Balaban J connectivity index is 3.28. The van der Waals surface area contributed by atoms with Crippen molar-refractivity contribution in [2.75, 3.05) is 7.11 Å².